The summed E-state index contributed by atoms with van der Waals surface area (Å²) in [5.41, 5.74) is 8.14. The highest BCUT2D eigenvalue weighted by molar-refractivity contribution is 7.89. The first kappa shape index (κ1) is 23.5. The number of nitrogen functional groups attached to an aromatic ring is 1. The Morgan fingerprint density at radius 2 is 1.97 bits per heavy atom. The van der Waals surface area contributed by atoms with E-state index in [2.05, 4.69) is 15.0 Å². The molecule has 1 aliphatic rings. The Labute approximate surface area is 207 Å². The molecule has 2 aromatic carbocycles. The van der Waals surface area contributed by atoms with Crippen LogP contribution < -0.4 is 5.73 Å². The second-order valence-electron chi connectivity index (χ2n) is 9.11. The molecule has 0 spiro atoms. The number of sulfonamides is 1. The predicted octanol–water partition coefficient (Wildman–Crippen LogP) is 3.40. The number of hydrogen-bond donors (Lipinski definition) is 2. The highest BCUT2D eigenvalue weighted by Crippen LogP contribution is 2.29. The van der Waals surface area contributed by atoms with Crippen LogP contribution in [0.2, 0.25) is 5.02 Å². The van der Waals surface area contributed by atoms with Crippen LogP contribution in [-0.2, 0) is 21.4 Å². The van der Waals surface area contributed by atoms with E-state index in [1.807, 2.05) is 32.0 Å². The predicted molar refractivity (Wildman–Crippen MR) is 135 cm³/mol. The zero-order chi connectivity index (χ0) is 24.9. The van der Waals surface area contributed by atoms with Gasteiger partial charge in [-0.05, 0) is 41.8 Å². The maximum Gasteiger partial charge on any atom is 0.259 e. The summed E-state index contributed by atoms with van der Waals surface area (Å²) >= 11 is 6.04. The van der Waals surface area contributed by atoms with Gasteiger partial charge < -0.3 is 15.6 Å². The average Bonchev–Trinajstić information content (AvgIpc) is 3.24. The average molecular weight is 513 g/mol. The molecule has 5 rings (SSSR count). The van der Waals surface area contributed by atoms with Gasteiger partial charge in [0.2, 0.25) is 5.91 Å². The van der Waals surface area contributed by atoms with Crippen LogP contribution in [-0.4, -0.2) is 57.6 Å². The van der Waals surface area contributed by atoms with Gasteiger partial charge in [-0.25, -0.2) is 18.4 Å². The Morgan fingerprint density at radius 1 is 1.17 bits per heavy atom. The number of rotatable bonds is 5. The van der Waals surface area contributed by atoms with Gasteiger partial charge >= 0.3 is 0 Å². The number of piperazine rings is 1. The topological polar surface area (TPSA) is 125 Å². The van der Waals surface area contributed by atoms with Gasteiger partial charge in [0.05, 0.1) is 12.1 Å². The first-order valence-corrected chi connectivity index (χ1v) is 13.0. The Morgan fingerprint density at radius 3 is 2.74 bits per heavy atom. The van der Waals surface area contributed by atoms with Gasteiger partial charge in [0.15, 0.2) is 0 Å². The summed E-state index contributed by atoms with van der Waals surface area (Å²) in [7, 11) is -3.91. The number of aromatic nitrogens is 3. The second-order valence-corrected chi connectivity index (χ2v) is 11.4. The largest absolute Gasteiger partial charge is 0.383 e. The molecule has 4 aromatic rings. The second kappa shape index (κ2) is 8.78. The zero-order valence-electron chi connectivity index (χ0n) is 19.3. The molecular weight excluding hydrogens is 488 g/mol. The molecule has 0 aliphatic carbocycles. The number of anilines is 1. The van der Waals surface area contributed by atoms with E-state index in [1.54, 1.807) is 29.2 Å². The Balaban J connectivity index is 1.42. The Kier molecular flexibility index (Phi) is 5.90. The fourth-order valence-corrected chi connectivity index (χ4v) is 6.12. The van der Waals surface area contributed by atoms with E-state index >= 15 is 0 Å². The Bertz CT molecular complexity index is 1550. The number of nitrogens with zero attached hydrogens (tertiary/aromatic N) is 4. The lowest BCUT2D eigenvalue weighted by Gasteiger charge is -2.42. The molecule has 3 heterocycles. The number of aromatic amines is 1. The van der Waals surface area contributed by atoms with Crippen molar-refractivity contribution in [2.45, 2.75) is 31.5 Å². The smallest absolute Gasteiger partial charge is 0.259 e. The summed E-state index contributed by atoms with van der Waals surface area (Å²) < 4.78 is 28.2. The van der Waals surface area contributed by atoms with Gasteiger partial charge in [0.25, 0.3) is 10.0 Å². The van der Waals surface area contributed by atoms with E-state index in [4.69, 9.17) is 17.3 Å². The van der Waals surface area contributed by atoms with E-state index in [9.17, 15) is 13.2 Å². The molecule has 0 radical (unpaired) electrons. The maximum atomic E-state index is 13.5. The highest BCUT2D eigenvalue weighted by atomic mass is 35.5. The number of nitrogens with two attached hydrogens (primary N) is 1. The van der Waals surface area contributed by atoms with E-state index in [0.717, 1.165) is 16.3 Å². The van der Waals surface area contributed by atoms with Crippen molar-refractivity contribution in [2.24, 2.45) is 5.92 Å². The summed E-state index contributed by atoms with van der Waals surface area (Å²) in [6.07, 6.45) is 1.41. The van der Waals surface area contributed by atoms with Crippen molar-refractivity contribution < 1.29 is 13.2 Å². The van der Waals surface area contributed by atoms with Crippen LogP contribution in [0.15, 0.2) is 53.8 Å². The molecule has 9 nitrogen and oxygen atoms in total. The first-order chi connectivity index (χ1) is 16.6. The minimum atomic E-state index is -3.91. The van der Waals surface area contributed by atoms with Crippen molar-refractivity contribution in [1.29, 1.82) is 0 Å². The summed E-state index contributed by atoms with van der Waals surface area (Å²) in [4.78, 5) is 26.3. The maximum absolute atomic E-state index is 13.5. The molecule has 0 bridgehead atoms. The molecule has 0 saturated carbocycles. The number of hydrogen-bond acceptors (Lipinski definition) is 6. The molecule has 2 aromatic heterocycles. The van der Waals surface area contributed by atoms with E-state index in [1.165, 1.54) is 10.6 Å². The molecule has 1 fully saturated rings. The van der Waals surface area contributed by atoms with Gasteiger partial charge in [-0.1, -0.05) is 37.6 Å². The van der Waals surface area contributed by atoms with Crippen LogP contribution >= 0.6 is 11.6 Å². The number of halogens is 1. The van der Waals surface area contributed by atoms with Crippen molar-refractivity contribution in [1.82, 2.24) is 24.2 Å². The quantitative estimate of drug-likeness (QED) is 0.422. The first-order valence-electron chi connectivity index (χ1n) is 11.2. The van der Waals surface area contributed by atoms with Crippen molar-refractivity contribution in [3.8, 4) is 0 Å². The lowest BCUT2D eigenvalue weighted by Crippen LogP contribution is -2.59. The summed E-state index contributed by atoms with van der Waals surface area (Å²) in [5, 5.41) is 2.04. The lowest BCUT2D eigenvalue weighted by atomic mass is 9.99. The number of amides is 1. The van der Waals surface area contributed by atoms with Crippen LogP contribution in [0.1, 0.15) is 19.4 Å². The number of H-pyrrole nitrogens is 1. The standard InChI is InChI=1S/C24H25ClN6O3S/c1-14(2)21-11-30(35(33,34)22-8-16-4-5-17(25)9-19(16)29-22)12-23(32)31(21)10-15-3-6-18-20(7-15)27-13-28-24(18)26/h3-9,13-14,21,29H,10-12H2,1-2H3,(H2,26,27,28)/t21-/m1/s1. The molecule has 1 aliphatic heterocycles. The van der Waals surface area contributed by atoms with Crippen LogP contribution in [0.4, 0.5) is 5.82 Å². The minimum Gasteiger partial charge on any atom is -0.383 e. The molecule has 3 N–H and O–H groups in total. The molecule has 0 unspecified atom stereocenters. The van der Waals surface area contributed by atoms with Crippen molar-refractivity contribution in [3.63, 3.8) is 0 Å². The van der Waals surface area contributed by atoms with Crippen LogP contribution in [0.25, 0.3) is 21.8 Å². The fourth-order valence-electron chi connectivity index (χ4n) is 4.53. The van der Waals surface area contributed by atoms with Gasteiger partial charge in [-0.3, -0.25) is 4.79 Å². The van der Waals surface area contributed by atoms with Crippen molar-refractivity contribution >= 4 is 55.2 Å². The summed E-state index contributed by atoms with van der Waals surface area (Å²) in [6.45, 7) is 4.29. The van der Waals surface area contributed by atoms with E-state index < -0.39 is 10.0 Å². The Hall–Kier alpha value is -3.21. The van der Waals surface area contributed by atoms with Crippen molar-refractivity contribution in [3.05, 3.63) is 59.4 Å². The van der Waals surface area contributed by atoms with Gasteiger partial charge in [-0.2, -0.15) is 4.31 Å². The van der Waals surface area contributed by atoms with E-state index in [0.29, 0.717) is 28.4 Å². The van der Waals surface area contributed by atoms with Crippen LogP contribution in [0.3, 0.4) is 0 Å². The fraction of sp³-hybridized carbons (Fsp3) is 0.292. The highest BCUT2D eigenvalue weighted by Gasteiger charge is 2.40. The minimum absolute atomic E-state index is 0.0388. The van der Waals surface area contributed by atoms with E-state index in [-0.39, 0.29) is 36.0 Å². The van der Waals surface area contributed by atoms with Crippen molar-refractivity contribution in [2.75, 3.05) is 18.8 Å². The number of carbonyl (C=O) groups excluding carboxylic acids is 1. The molecule has 11 heteroatoms. The van der Waals surface area contributed by atoms with Crippen LogP contribution in [0, 0.1) is 5.92 Å². The lowest BCUT2D eigenvalue weighted by molar-refractivity contribution is -0.139. The molecule has 1 atom stereocenters. The molecule has 1 saturated heterocycles. The van der Waals surface area contributed by atoms with Crippen LogP contribution in [0.5, 0.6) is 0 Å². The van der Waals surface area contributed by atoms with Gasteiger partial charge in [-0.15, -0.1) is 0 Å². The number of benzene rings is 2. The molecular formula is C24H25ClN6O3S. The number of nitrogens with one attached hydrogen (secondary N) is 1. The number of fused-ring (bicyclic) bond motifs is 2. The summed E-state index contributed by atoms with van der Waals surface area (Å²) in [5.74, 6) is 0.188. The normalized spacial score (nSPS) is 17.7. The van der Waals surface area contributed by atoms with Gasteiger partial charge in [0.1, 0.15) is 17.2 Å². The molecule has 1 amide bonds. The SMILES string of the molecule is CC(C)[C@H]1CN(S(=O)(=O)c2cc3ccc(Cl)cc3[nH]2)CC(=O)N1Cc1ccc2c(N)ncnc2c1. The third kappa shape index (κ3) is 4.33. The van der Waals surface area contributed by atoms with Gasteiger partial charge in [0, 0.05) is 40.4 Å². The number of carbonyl (C=O) groups is 1. The molecule has 182 valence electrons. The molecule has 35 heavy (non-hydrogen) atoms. The third-order valence-electron chi connectivity index (χ3n) is 6.45. The summed E-state index contributed by atoms with van der Waals surface area (Å²) in [6, 6.07) is 12.0. The zero-order valence-corrected chi connectivity index (χ0v) is 20.8. The monoisotopic (exact) mass is 512 g/mol. The third-order valence-corrected chi connectivity index (χ3v) is 8.42.